The lowest BCUT2D eigenvalue weighted by Gasteiger charge is -2.36. The Balaban J connectivity index is 1.94. The van der Waals surface area contributed by atoms with Crippen molar-refractivity contribution in [2.24, 2.45) is 0 Å². The van der Waals surface area contributed by atoms with Crippen LogP contribution in [0.15, 0.2) is 18.2 Å². The van der Waals surface area contributed by atoms with Crippen molar-refractivity contribution < 1.29 is 14.3 Å². The van der Waals surface area contributed by atoms with Gasteiger partial charge in [-0.05, 0) is 57.6 Å². The molecule has 0 aliphatic heterocycles. The van der Waals surface area contributed by atoms with E-state index in [4.69, 9.17) is 4.74 Å². The Bertz CT molecular complexity index is 608. The van der Waals surface area contributed by atoms with Crippen LogP contribution in [0.3, 0.4) is 0 Å². The standard InChI is InChI=1S/C18H27N3O3/c1-13-11-14(24-4)7-8-15(13)20-17(23)16(22)19-12-18(21(2)3)9-5-6-10-18/h7-8,11H,5-6,9-10,12H2,1-4H3,(H,19,22)(H,20,23). The summed E-state index contributed by atoms with van der Waals surface area (Å²) in [6.07, 6.45) is 4.40. The molecule has 0 radical (unpaired) electrons. The van der Waals surface area contributed by atoms with E-state index in [2.05, 4.69) is 15.5 Å². The number of anilines is 1. The van der Waals surface area contributed by atoms with Gasteiger partial charge in [0.15, 0.2) is 0 Å². The fourth-order valence-electron chi connectivity index (χ4n) is 3.22. The first-order valence-electron chi connectivity index (χ1n) is 8.29. The van der Waals surface area contributed by atoms with Gasteiger partial charge in [-0.25, -0.2) is 0 Å². The van der Waals surface area contributed by atoms with E-state index in [9.17, 15) is 9.59 Å². The Morgan fingerprint density at radius 1 is 1.21 bits per heavy atom. The van der Waals surface area contributed by atoms with Crippen molar-refractivity contribution in [3.8, 4) is 5.75 Å². The first kappa shape index (κ1) is 18.3. The molecule has 0 unspecified atom stereocenters. The van der Waals surface area contributed by atoms with E-state index < -0.39 is 11.8 Å². The Kier molecular flexibility index (Phi) is 5.83. The van der Waals surface area contributed by atoms with Gasteiger partial charge in [0.05, 0.1) is 7.11 Å². The maximum atomic E-state index is 12.1. The van der Waals surface area contributed by atoms with E-state index in [1.807, 2.05) is 27.1 Å². The molecule has 1 saturated carbocycles. The van der Waals surface area contributed by atoms with Crippen LogP contribution in [-0.2, 0) is 9.59 Å². The summed E-state index contributed by atoms with van der Waals surface area (Å²) >= 11 is 0. The van der Waals surface area contributed by atoms with Crippen LogP contribution in [0.1, 0.15) is 31.2 Å². The highest BCUT2D eigenvalue weighted by molar-refractivity contribution is 6.39. The molecule has 6 nitrogen and oxygen atoms in total. The Labute approximate surface area is 143 Å². The number of methoxy groups -OCH3 is 1. The number of nitrogens with one attached hydrogen (secondary N) is 2. The number of carbonyl (C=O) groups is 2. The molecule has 24 heavy (non-hydrogen) atoms. The lowest BCUT2D eigenvalue weighted by Crippen LogP contribution is -2.52. The quantitative estimate of drug-likeness (QED) is 0.808. The molecule has 2 amide bonds. The molecule has 6 heteroatoms. The van der Waals surface area contributed by atoms with E-state index >= 15 is 0 Å². The molecule has 1 aliphatic rings. The average molecular weight is 333 g/mol. The predicted octanol–water partition coefficient (Wildman–Crippen LogP) is 1.93. The fraction of sp³-hybridized carbons (Fsp3) is 0.556. The minimum Gasteiger partial charge on any atom is -0.497 e. The fourth-order valence-corrected chi connectivity index (χ4v) is 3.22. The Morgan fingerprint density at radius 3 is 2.42 bits per heavy atom. The molecular weight excluding hydrogens is 306 g/mol. The average Bonchev–Trinajstić information content (AvgIpc) is 3.04. The zero-order valence-electron chi connectivity index (χ0n) is 14.9. The number of rotatable bonds is 5. The van der Waals surface area contributed by atoms with E-state index in [0.29, 0.717) is 18.0 Å². The molecule has 0 bridgehead atoms. The Hall–Kier alpha value is -2.08. The van der Waals surface area contributed by atoms with Crippen LogP contribution in [0, 0.1) is 6.92 Å². The second-order valence-corrected chi connectivity index (χ2v) is 6.64. The van der Waals surface area contributed by atoms with Crippen LogP contribution in [0.25, 0.3) is 0 Å². The summed E-state index contributed by atoms with van der Waals surface area (Å²) in [7, 11) is 5.64. The first-order chi connectivity index (χ1) is 11.4. The SMILES string of the molecule is COc1ccc(NC(=O)C(=O)NCC2(N(C)C)CCCC2)c(C)c1. The van der Waals surface area contributed by atoms with Crippen LogP contribution >= 0.6 is 0 Å². The third-order valence-corrected chi connectivity index (χ3v) is 4.95. The number of hydrogen-bond donors (Lipinski definition) is 2. The van der Waals surface area contributed by atoms with Gasteiger partial charge < -0.3 is 20.3 Å². The van der Waals surface area contributed by atoms with Crippen molar-refractivity contribution in [3.63, 3.8) is 0 Å². The van der Waals surface area contributed by atoms with Crippen molar-refractivity contribution in [1.82, 2.24) is 10.2 Å². The van der Waals surface area contributed by atoms with Gasteiger partial charge in [0.25, 0.3) is 0 Å². The van der Waals surface area contributed by atoms with Crippen molar-refractivity contribution in [3.05, 3.63) is 23.8 Å². The summed E-state index contributed by atoms with van der Waals surface area (Å²) in [6.45, 7) is 2.35. The summed E-state index contributed by atoms with van der Waals surface area (Å²) in [5.74, 6) is -0.530. The van der Waals surface area contributed by atoms with Gasteiger partial charge in [-0.3, -0.25) is 9.59 Å². The van der Waals surface area contributed by atoms with Gasteiger partial charge in [-0.1, -0.05) is 12.8 Å². The maximum absolute atomic E-state index is 12.1. The topological polar surface area (TPSA) is 70.7 Å². The van der Waals surface area contributed by atoms with Gasteiger partial charge in [-0.2, -0.15) is 0 Å². The number of carbonyl (C=O) groups excluding carboxylic acids is 2. The Morgan fingerprint density at radius 2 is 1.88 bits per heavy atom. The maximum Gasteiger partial charge on any atom is 0.313 e. The number of aryl methyl sites for hydroxylation is 1. The highest BCUT2D eigenvalue weighted by atomic mass is 16.5. The molecule has 1 fully saturated rings. The highest BCUT2D eigenvalue weighted by Crippen LogP contribution is 2.33. The minimum atomic E-state index is -0.643. The van der Waals surface area contributed by atoms with Crippen LogP contribution in [0.2, 0.25) is 0 Å². The second-order valence-electron chi connectivity index (χ2n) is 6.64. The number of nitrogens with zero attached hydrogens (tertiary/aromatic N) is 1. The van der Waals surface area contributed by atoms with Gasteiger partial charge in [0, 0.05) is 17.8 Å². The highest BCUT2D eigenvalue weighted by Gasteiger charge is 2.36. The zero-order chi connectivity index (χ0) is 17.7. The van der Waals surface area contributed by atoms with Gasteiger partial charge in [0.1, 0.15) is 5.75 Å². The second kappa shape index (κ2) is 7.66. The molecule has 2 rings (SSSR count). The predicted molar refractivity (Wildman–Crippen MR) is 94.3 cm³/mol. The molecule has 1 aromatic carbocycles. The molecular formula is C18H27N3O3. The van der Waals surface area contributed by atoms with Gasteiger partial charge >= 0.3 is 11.8 Å². The molecule has 1 aliphatic carbocycles. The van der Waals surface area contributed by atoms with E-state index in [-0.39, 0.29) is 5.54 Å². The van der Waals surface area contributed by atoms with E-state index in [1.165, 1.54) is 0 Å². The molecule has 0 atom stereocenters. The van der Waals surface area contributed by atoms with Crippen LogP contribution in [0.4, 0.5) is 5.69 Å². The molecule has 0 saturated heterocycles. The van der Waals surface area contributed by atoms with Crippen LogP contribution in [-0.4, -0.2) is 50.0 Å². The van der Waals surface area contributed by atoms with Crippen molar-refractivity contribution in [2.75, 3.05) is 33.1 Å². The van der Waals surface area contributed by atoms with Gasteiger partial charge in [0.2, 0.25) is 0 Å². The summed E-state index contributed by atoms with van der Waals surface area (Å²) in [6, 6.07) is 5.30. The summed E-state index contributed by atoms with van der Waals surface area (Å²) < 4.78 is 5.13. The lowest BCUT2D eigenvalue weighted by molar-refractivity contribution is -0.136. The zero-order valence-corrected chi connectivity index (χ0v) is 14.9. The van der Waals surface area contributed by atoms with E-state index in [1.54, 1.807) is 19.2 Å². The summed E-state index contributed by atoms with van der Waals surface area (Å²) in [4.78, 5) is 26.4. The summed E-state index contributed by atoms with van der Waals surface area (Å²) in [5, 5.41) is 5.45. The van der Waals surface area contributed by atoms with E-state index in [0.717, 1.165) is 31.2 Å². The molecule has 0 aromatic heterocycles. The smallest absolute Gasteiger partial charge is 0.313 e. The van der Waals surface area contributed by atoms with Crippen LogP contribution in [0.5, 0.6) is 5.75 Å². The number of ether oxygens (including phenoxy) is 1. The molecule has 1 aromatic rings. The molecule has 0 spiro atoms. The lowest BCUT2D eigenvalue weighted by atomic mass is 9.96. The third kappa shape index (κ3) is 4.06. The normalized spacial score (nSPS) is 16.0. The minimum absolute atomic E-state index is 0.0357. The number of likely N-dealkylation sites (N-methyl/N-ethyl adjacent to an activating group) is 1. The largest absolute Gasteiger partial charge is 0.497 e. The van der Waals surface area contributed by atoms with Gasteiger partial charge in [-0.15, -0.1) is 0 Å². The number of amides is 2. The van der Waals surface area contributed by atoms with Crippen LogP contribution < -0.4 is 15.4 Å². The van der Waals surface area contributed by atoms with Crippen molar-refractivity contribution in [1.29, 1.82) is 0 Å². The molecule has 132 valence electrons. The number of hydrogen-bond acceptors (Lipinski definition) is 4. The third-order valence-electron chi connectivity index (χ3n) is 4.95. The number of benzene rings is 1. The molecule has 2 N–H and O–H groups in total. The molecule has 0 heterocycles. The summed E-state index contributed by atoms with van der Waals surface area (Å²) in [5.41, 5.74) is 1.42. The first-order valence-corrected chi connectivity index (χ1v) is 8.29. The van der Waals surface area contributed by atoms with Crippen molar-refractivity contribution in [2.45, 2.75) is 38.1 Å². The monoisotopic (exact) mass is 333 g/mol. The van der Waals surface area contributed by atoms with Crippen molar-refractivity contribution >= 4 is 17.5 Å².